The lowest BCUT2D eigenvalue weighted by Crippen LogP contribution is -2.22. The molecule has 0 saturated heterocycles. The van der Waals surface area contributed by atoms with Crippen molar-refractivity contribution in [2.45, 2.75) is 41.5 Å². The predicted octanol–water partition coefficient (Wildman–Crippen LogP) is 4.05. The Bertz CT molecular complexity index is 382. The van der Waals surface area contributed by atoms with Crippen LogP contribution in [0.2, 0.25) is 5.15 Å². The number of aromatic nitrogens is 2. The molecule has 0 bridgehead atoms. The molecule has 0 aliphatic heterocycles. The molecule has 0 unspecified atom stereocenters. The number of nitrogens with zero attached hydrogens (tertiary/aromatic N) is 2. The zero-order chi connectivity index (χ0) is 14.7. The van der Waals surface area contributed by atoms with Crippen molar-refractivity contribution in [1.82, 2.24) is 9.97 Å². The summed E-state index contributed by atoms with van der Waals surface area (Å²) in [6.07, 6.45) is 0. The van der Waals surface area contributed by atoms with Gasteiger partial charge in [0.05, 0.1) is 0 Å². The summed E-state index contributed by atoms with van der Waals surface area (Å²) in [6.45, 7) is 14.6. The Kier molecular flexibility index (Phi) is 5.02. The zero-order valence-electron chi connectivity index (χ0n) is 12.8. The molecular weight excluding hydrogens is 260 g/mol. The summed E-state index contributed by atoms with van der Waals surface area (Å²) < 4.78 is 0. The molecule has 4 nitrogen and oxygen atoms in total. The first kappa shape index (κ1) is 16.0. The van der Waals surface area contributed by atoms with Gasteiger partial charge in [-0.05, 0) is 10.8 Å². The smallest absolute Gasteiger partial charge is 0.226 e. The van der Waals surface area contributed by atoms with Crippen LogP contribution in [0.5, 0.6) is 0 Å². The second-order valence-electron chi connectivity index (χ2n) is 7.23. The standard InChI is InChI=1S/C14H25ClN4/c1-13(2,3)8-16-11-7-10(15)18-12(19-11)17-9-14(4,5)6/h7H,8-9H2,1-6H3,(H2,16,17,18,19). The molecule has 0 aliphatic rings. The Balaban J connectivity index is 2.71. The van der Waals surface area contributed by atoms with Crippen molar-refractivity contribution >= 4 is 23.4 Å². The van der Waals surface area contributed by atoms with Crippen molar-refractivity contribution in [2.75, 3.05) is 23.7 Å². The number of nitrogens with one attached hydrogen (secondary N) is 2. The van der Waals surface area contributed by atoms with E-state index in [4.69, 9.17) is 11.6 Å². The van der Waals surface area contributed by atoms with Gasteiger partial charge in [-0.3, -0.25) is 0 Å². The van der Waals surface area contributed by atoms with E-state index >= 15 is 0 Å². The highest BCUT2D eigenvalue weighted by atomic mass is 35.5. The third-order valence-electron chi connectivity index (χ3n) is 2.27. The van der Waals surface area contributed by atoms with Crippen molar-refractivity contribution in [3.63, 3.8) is 0 Å². The number of hydrogen-bond donors (Lipinski definition) is 2. The summed E-state index contributed by atoms with van der Waals surface area (Å²) in [5.74, 6) is 1.32. The topological polar surface area (TPSA) is 49.8 Å². The molecule has 0 aromatic carbocycles. The SMILES string of the molecule is CC(C)(C)CNc1cc(Cl)nc(NCC(C)(C)C)n1. The molecule has 0 spiro atoms. The molecule has 0 amide bonds. The minimum atomic E-state index is 0.171. The molecule has 108 valence electrons. The van der Waals surface area contributed by atoms with Crippen LogP contribution < -0.4 is 10.6 Å². The summed E-state index contributed by atoms with van der Waals surface area (Å²) in [5.41, 5.74) is 0.362. The van der Waals surface area contributed by atoms with Crippen LogP contribution >= 0.6 is 11.6 Å². The van der Waals surface area contributed by atoms with Crippen LogP contribution in [-0.2, 0) is 0 Å². The molecule has 0 atom stereocenters. The maximum Gasteiger partial charge on any atom is 0.226 e. The Labute approximate surface area is 121 Å². The van der Waals surface area contributed by atoms with E-state index in [1.54, 1.807) is 6.07 Å². The molecule has 0 saturated carbocycles. The van der Waals surface area contributed by atoms with Crippen LogP contribution in [0.15, 0.2) is 6.07 Å². The van der Waals surface area contributed by atoms with Crippen molar-refractivity contribution < 1.29 is 0 Å². The normalized spacial score (nSPS) is 12.4. The Morgan fingerprint density at radius 2 is 1.47 bits per heavy atom. The van der Waals surface area contributed by atoms with Gasteiger partial charge in [0.1, 0.15) is 11.0 Å². The van der Waals surface area contributed by atoms with Crippen LogP contribution in [0.25, 0.3) is 0 Å². The van der Waals surface area contributed by atoms with E-state index in [-0.39, 0.29) is 10.8 Å². The third-order valence-corrected chi connectivity index (χ3v) is 2.47. The first-order chi connectivity index (χ1) is 8.55. The molecule has 0 fully saturated rings. The number of anilines is 2. The van der Waals surface area contributed by atoms with Crippen LogP contribution in [0.3, 0.4) is 0 Å². The lowest BCUT2D eigenvalue weighted by Gasteiger charge is -2.21. The van der Waals surface area contributed by atoms with Gasteiger partial charge in [-0.25, -0.2) is 4.98 Å². The number of hydrogen-bond acceptors (Lipinski definition) is 4. The number of halogens is 1. The summed E-state index contributed by atoms with van der Waals surface area (Å²) in [5, 5.41) is 6.95. The molecule has 1 heterocycles. The summed E-state index contributed by atoms with van der Waals surface area (Å²) in [7, 11) is 0. The first-order valence-corrected chi connectivity index (χ1v) is 6.95. The highest BCUT2D eigenvalue weighted by molar-refractivity contribution is 6.29. The highest BCUT2D eigenvalue weighted by Gasteiger charge is 2.13. The molecule has 1 rings (SSSR count). The van der Waals surface area contributed by atoms with Crippen LogP contribution in [0.4, 0.5) is 11.8 Å². The van der Waals surface area contributed by atoms with Gasteiger partial charge in [-0.2, -0.15) is 4.98 Å². The summed E-state index contributed by atoms with van der Waals surface area (Å²) in [4.78, 5) is 8.61. The minimum absolute atomic E-state index is 0.171. The molecule has 5 heteroatoms. The van der Waals surface area contributed by atoms with E-state index in [0.717, 1.165) is 18.9 Å². The average molecular weight is 285 g/mol. The van der Waals surface area contributed by atoms with Crippen molar-refractivity contribution in [2.24, 2.45) is 10.8 Å². The second-order valence-corrected chi connectivity index (χ2v) is 7.62. The largest absolute Gasteiger partial charge is 0.369 e. The monoisotopic (exact) mass is 284 g/mol. The summed E-state index contributed by atoms with van der Waals surface area (Å²) in [6, 6.07) is 1.75. The van der Waals surface area contributed by atoms with Crippen molar-refractivity contribution in [3.8, 4) is 0 Å². The van der Waals surface area contributed by atoms with Crippen LogP contribution in [-0.4, -0.2) is 23.1 Å². The van der Waals surface area contributed by atoms with E-state index < -0.39 is 0 Å². The lowest BCUT2D eigenvalue weighted by molar-refractivity contribution is 0.441. The van der Waals surface area contributed by atoms with Gasteiger partial charge in [-0.15, -0.1) is 0 Å². The highest BCUT2D eigenvalue weighted by Crippen LogP contribution is 2.19. The molecule has 0 aliphatic carbocycles. The maximum atomic E-state index is 6.02. The Hall–Kier alpha value is -1.03. The fourth-order valence-electron chi connectivity index (χ4n) is 1.29. The van der Waals surface area contributed by atoms with Crippen molar-refractivity contribution in [1.29, 1.82) is 0 Å². The molecule has 19 heavy (non-hydrogen) atoms. The predicted molar refractivity (Wildman–Crippen MR) is 82.9 cm³/mol. The summed E-state index contributed by atoms with van der Waals surface area (Å²) >= 11 is 6.02. The van der Waals surface area contributed by atoms with Crippen LogP contribution in [0.1, 0.15) is 41.5 Å². The fraction of sp³-hybridized carbons (Fsp3) is 0.714. The third kappa shape index (κ3) is 7.21. The van der Waals surface area contributed by atoms with Gasteiger partial charge in [0.15, 0.2) is 0 Å². The lowest BCUT2D eigenvalue weighted by atomic mass is 9.97. The molecule has 1 aromatic rings. The van der Waals surface area contributed by atoms with E-state index in [0.29, 0.717) is 11.1 Å². The molecule has 2 N–H and O–H groups in total. The molecule has 0 radical (unpaired) electrons. The number of rotatable bonds is 4. The molecule has 1 aromatic heterocycles. The van der Waals surface area contributed by atoms with Gasteiger partial charge in [0, 0.05) is 19.2 Å². The van der Waals surface area contributed by atoms with Crippen LogP contribution in [0, 0.1) is 10.8 Å². The Morgan fingerprint density at radius 1 is 0.947 bits per heavy atom. The van der Waals surface area contributed by atoms with E-state index in [2.05, 4.69) is 62.1 Å². The minimum Gasteiger partial charge on any atom is -0.369 e. The van der Waals surface area contributed by atoms with Gasteiger partial charge in [0.2, 0.25) is 5.95 Å². The second kappa shape index (κ2) is 5.95. The van der Waals surface area contributed by atoms with Crippen molar-refractivity contribution in [3.05, 3.63) is 11.2 Å². The van der Waals surface area contributed by atoms with Gasteiger partial charge in [-0.1, -0.05) is 53.1 Å². The fourth-order valence-corrected chi connectivity index (χ4v) is 1.47. The quantitative estimate of drug-likeness (QED) is 0.819. The average Bonchev–Trinajstić information content (AvgIpc) is 2.21. The Morgan fingerprint density at radius 3 is 2.00 bits per heavy atom. The van der Waals surface area contributed by atoms with Gasteiger partial charge < -0.3 is 10.6 Å². The van der Waals surface area contributed by atoms with E-state index in [9.17, 15) is 0 Å². The van der Waals surface area contributed by atoms with Gasteiger partial charge in [0.25, 0.3) is 0 Å². The van der Waals surface area contributed by atoms with E-state index in [1.807, 2.05) is 0 Å². The maximum absolute atomic E-state index is 6.02. The van der Waals surface area contributed by atoms with Gasteiger partial charge >= 0.3 is 0 Å². The molecular formula is C14H25ClN4. The first-order valence-electron chi connectivity index (χ1n) is 6.57. The van der Waals surface area contributed by atoms with E-state index in [1.165, 1.54) is 0 Å². The zero-order valence-corrected chi connectivity index (χ0v) is 13.5.